The summed E-state index contributed by atoms with van der Waals surface area (Å²) < 4.78 is 6.42. The molecule has 0 aromatic carbocycles. The molecule has 2 rings (SSSR count). The van der Waals surface area contributed by atoms with Crippen molar-refractivity contribution >= 4 is 5.69 Å². The van der Waals surface area contributed by atoms with E-state index in [1.165, 1.54) is 0 Å². The third-order valence-corrected chi connectivity index (χ3v) is 3.00. The second-order valence-corrected chi connectivity index (χ2v) is 4.19. The molecular weight excluding hydrogens is 284 g/mol. The van der Waals surface area contributed by atoms with Crippen LogP contribution in [0.4, 0.5) is 5.69 Å². The van der Waals surface area contributed by atoms with Crippen LogP contribution in [0.1, 0.15) is 12.6 Å². The smallest absolute Gasteiger partial charge is 0.330 e. The van der Waals surface area contributed by atoms with E-state index in [1.807, 2.05) is 4.98 Å². The number of aromatic amines is 1. The summed E-state index contributed by atoms with van der Waals surface area (Å²) in [5, 5.41) is 15.8. The zero-order valence-electron chi connectivity index (χ0n) is 10.5. The van der Waals surface area contributed by atoms with E-state index < -0.39 is 29.6 Å². The van der Waals surface area contributed by atoms with Crippen LogP contribution in [-0.2, 0) is 4.74 Å². The van der Waals surface area contributed by atoms with Crippen molar-refractivity contribution in [1.29, 1.82) is 0 Å². The Bertz CT molecular complexity index is 741. The largest absolute Gasteiger partial charge is 0.394 e. The molecule has 0 spiro atoms. The monoisotopic (exact) mass is 294 g/mol. The average Bonchev–Trinajstić information content (AvgIpc) is 2.85. The van der Waals surface area contributed by atoms with Crippen LogP contribution in [0, 0.1) is 0 Å². The molecule has 1 aliphatic rings. The van der Waals surface area contributed by atoms with Gasteiger partial charge in [0.1, 0.15) is 11.9 Å². The molecule has 1 saturated heterocycles. The van der Waals surface area contributed by atoms with Crippen LogP contribution in [0.3, 0.4) is 0 Å². The van der Waals surface area contributed by atoms with Crippen LogP contribution in [0.5, 0.6) is 0 Å². The number of rotatable bonds is 4. The van der Waals surface area contributed by atoms with E-state index in [2.05, 4.69) is 20.1 Å². The van der Waals surface area contributed by atoms with Gasteiger partial charge in [-0.25, -0.2) is 4.79 Å². The van der Waals surface area contributed by atoms with Gasteiger partial charge in [0.2, 0.25) is 0 Å². The van der Waals surface area contributed by atoms with Gasteiger partial charge in [0.15, 0.2) is 0 Å². The van der Waals surface area contributed by atoms with Crippen molar-refractivity contribution in [2.45, 2.75) is 24.8 Å². The van der Waals surface area contributed by atoms with Crippen molar-refractivity contribution in [1.82, 2.24) is 9.55 Å². The van der Waals surface area contributed by atoms with E-state index in [1.54, 1.807) is 0 Å². The Balaban J connectivity index is 2.41. The molecule has 1 aromatic heterocycles. The first-order valence-electron chi connectivity index (χ1n) is 5.81. The van der Waals surface area contributed by atoms with Gasteiger partial charge in [-0.1, -0.05) is 10.2 Å². The number of ether oxygens (including phenoxy) is 1. The first kappa shape index (κ1) is 14.6. The number of aliphatic hydroxyl groups is 1. The van der Waals surface area contributed by atoms with Gasteiger partial charge in [0.05, 0.1) is 18.8 Å². The van der Waals surface area contributed by atoms with Crippen LogP contribution in [0.2, 0.25) is 0 Å². The Morgan fingerprint density at radius 3 is 2.86 bits per heavy atom. The minimum Gasteiger partial charge on any atom is -0.394 e. The third kappa shape index (κ3) is 2.88. The Hall–Kier alpha value is -2.78. The Labute approximate surface area is 115 Å². The maximum absolute atomic E-state index is 11.8. The third-order valence-electron chi connectivity index (χ3n) is 3.00. The van der Waals surface area contributed by atoms with Crippen molar-refractivity contribution < 1.29 is 9.84 Å². The summed E-state index contributed by atoms with van der Waals surface area (Å²) in [6.45, 7) is -0.387. The van der Waals surface area contributed by atoms with Gasteiger partial charge in [0, 0.05) is 22.4 Å². The zero-order valence-corrected chi connectivity index (χ0v) is 10.5. The summed E-state index contributed by atoms with van der Waals surface area (Å²) in [7, 11) is 0. The van der Waals surface area contributed by atoms with Crippen LogP contribution in [0.25, 0.3) is 20.9 Å². The van der Waals surface area contributed by atoms with Crippen molar-refractivity contribution in [2.24, 2.45) is 10.2 Å². The van der Waals surface area contributed by atoms with Gasteiger partial charge < -0.3 is 9.84 Å². The number of nitrogens with zero attached hydrogens (tertiary/aromatic N) is 7. The fraction of sp³-hybridized carbons (Fsp3) is 0.556. The van der Waals surface area contributed by atoms with E-state index >= 15 is 0 Å². The predicted octanol–water partition coefficient (Wildman–Crippen LogP) is 0.437. The van der Waals surface area contributed by atoms with E-state index in [4.69, 9.17) is 20.9 Å². The zero-order chi connectivity index (χ0) is 15.4. The van der Waals surface area contributed by atoms with Gasteiger partial charge >= 0.3 is 5.69 Å². The number of nitrogens with one attached hydrogen (secondary N) is 1. The average molecular weight is 294 g/mol. The van der Waals surface area contributed by atoms with E-state index in [9.17, 15) is 9.59 Å². The lowest BCUT2D eigenvalue weighted by molar-refractivity contribution is -0.0270. The Morgan fingerprint density at radius 2 is 2.24 bits per heavy atom. The van der Waals surface area contributed by atoms with Crippen LogP contribution < -0.4 is 11.2 Å². The summed E-state index contributed by atoms with van der Waals surface area (Å²) in [6.07, 6.45) is -0.419. The number of aromatic nitrogens is 2. The molecule has 12 nitrogen and oxygen atoms in total. The van der Waals surface area contributed by atoms with Crippen molar-refractivity contribution in [3.8, 4) is 0 Å². The second kappa shape index (κ2) is 6.11. The maximum Gasteiger partial charge on any atom is 0.330 e. The number of H-pyrrole nitrogens is 1. The van der Waals surface area contributed by atoms with Crippen LogP contribution >= 0.6 is 0 Å². The molecule has 0 amide bonds. The predicted molar refractivity (Wildman–Crippen MR) is 68.7 cm³/mol. The molecule has 0 radical (unpaired) electrons. The minimum atomic E-state index is -0.852. The fourth-order valence-electron chi connectivity index (χ4n) is 2.05. The summed E-state index contributed by atoms with van der Waals surface area (Å²) in [5.41, 5.74) is 14.9. The number of hydrogen-bond donors (Lipinski definition) is 2. The highest BCUT2D eigenvalue weighted by atomic mass is 16.5. The van der Waals surface area contributed by atoms with Gasteiger partial charge in [0.25, 0.3) is 5.56 Å². The highest BCUT2D eigenvalue weighted by Gasteiger charge is 2.35. The fourth-order valence-corrected chi connectivity index (χ4v) is 2.05. The first-order chi connectivity index (χ1) is 10.1. The lowest BCUT2D eigenvalue weighted by Gasteiger charge is -2.14. The molecular formula is C9H10N8O4. The summed E-state index contributed by atoms with van der Waals surface area (Å²) in [4.78, 5) is 30.3. The highest BCUT2D eigenvalue weighted by Crippen LogP contribution is 2.30. The molecule has 21 heavy (non-hydrogen) atoms. The number of aliphatic hydroxyl groups excluding tert-OH is 1. The van der Waals surface area contributed by atoms with Gasteiger partial charge in [-0.05, 0) is 11.1 Å². The Morgan fingerprint density at radius 1 is 1.48 bits per heavy atom. The first-order valence-corrected chi connectivity index (χ1v) is 5.81. The summed E-state index contributed by atoms with van der Waals surface area (Å²) in [5.74, 6) is 0. The van der Waals surface area contributed by atoms with Crippen molar-refractivity contribution in [3.63, 3.8) is 0 Å². The molecule has 3 atom stereocenters. The van der Waals surface area contributed by atoms with Gasteiger partial charge in [-0.2, -0.15) is 0 Å². The minimum absolute atomic E-state index is 0.136. The molecule has 12 heteroatoms. The standard InChI is InChI=1S/C9H10N8O4/c10-15-13-4-1-7(21-6(4)3-18)17-2-5(14-16-11)8(19)12-9(17)20/h2,4,6-7,18H,1,3H2,(H,12,19,20)/t4-,6+,7+/m0/s1. The molecule has 110 valence electrons. The van der Waals surface area contributed by atoms with Gasteiger partial charge in [-0.3, -0.25) is 14.3 Å². The molecule has 0 bridgehead atoms. The van der Waals surface area contributed by atoms with Crippen molar-refractivity contribution in [3.05, 3.63) is 47.9 Å². The molecule has 1 aromatic rings. The topological polar surface area (TPSA) is 182 Å². The quantitative estimate of drug-likeness (QED) is 0.464. The second-order valence-electron chi connectivity index (χ2n) is 4.19. The van der Waals surface area contributed by atoms with E-state index in [0.29, 0.717) is 0 Å². The summed E-state index contributed by atoms with van der Waals surface area (Å²) in [6, 6.07) is -0.647. The van der Waals surface area contributed by atoms with E-state index in [0.717, 1.165) is 10.8 Å². The SMILES string of the molecule is [N-]=[N+]=Nc1cn([C@H]2C[C@H](N=[N+]=[N-])[C@@H](CO)O2)c(=O)[nH]c1=O. The maximum atomic E-state index is 11.8. The highest BCUT2D eigenvalue weighted by molar-refractivity contribution is 5.29. The molecule has 2 heterocycles. The summed E-state index contributed by atoms with van der Waals surface area (Å²) >= 11 is 0. The number of hydrogen-bond acceptors (Lipinski definition) is 6. The van der Waals surface area contributed by atoms with Gasteiger partial charge in [-0.15, -0.1) is 0 Å². The normalized spacial score (nSPS) is 24.1. The van der Waals surface area contributed by atoms with Crippen molar-refractivity contribution in [2.75, 3.05) is 6.61 Å². The molecule has 1 fully saturated rings. The lowest BCUT2D eigenvalue weighted by Crippen LogP contribution is -2.32. The van der Waals surface area contributed by atoms with Crippen LogP contribution in [0.15, 0.2) is 26.0 Å². The molecule has 1 aliphatic heterocycles. The molecule has 2 N–H and O–H groups in total. The molecule has 0 aliphatic carbocycles. The van der Waals surface area contributed by atoms with Crippen LogP contribution in [-0.4, -0.2) is 33.4 Å². The molecule has 0 unspecified atom stereocenters. The number of azide groups is 2. The molecule has 0 saturated carbocycles. The lowest BCUT2D eigenvalue weighted by atomic mass is 10.1. The Kier molecular flexibility index (Phi) is 4.26. The van der Waals surface area contributed by atoms with E-state index in [-0.39, 0.29) is 18.7 Å².